The third kappa shape index (κ3) is 4.27. The first kappa shape index (κ1) is 18.9. The van der Waals surface area contributed by atoms with Crippen molar-refractivity contribution in [3.05, 3.63) is 29.3 Å². The first-order valence-corrected chi connectivity index (χ1v) is 9.94. The number of aryl methyl sites for hydroxylation is 2. The minimum atomic E-state index is -0.240. The zero-order chi connectivity index (χ0) is 18.7. The number of hydrogen-bond acceptors (Lipinski definition) is 6. The van der Waals surface area contributed by atoms with Gasteiger partial charge in [-0.05, 0) is 50.6 Å². The van der Waals surface area contributed by atoms with Gasteiger partial charge in [0.25, 0.3) is 5.22 Å². The Balaban J connectivity index is 1.61. The van der Waals surface area contributed by atoms with Crippen molar-refractivity contribution >= 4 is 17.7 Å². The van der Waals surface area contributed by atoms with Gasteiger partial charge in [0.15, 0.2) is 0 Å². The summed E-state index contributed by atoms with van der Waals surface area (Å²) >= 11 is 1.33. The number of amides is 1. The molecule has 0 N–H and O–H groups in total. The van der Waals surface area contributed by atoms with Crippen LogP contribution in [0.15, 0.2) is 27.8 Å². The van der Waals surface area contributed by atoms with Gasteiger partial charge in [0, 0.05) is 31.7 Å². The van der Waals surface area contributed by atoms with Crippen molar-refractivity contribution in [2.75, 3.05) is 32.7 Å². The Morgan fingerprint density at radius 1 is 1.19 bits per heavy atom. The van der Waals surface area contributed by atoms with Crippen LogP contribution in [-0.4, -0.2) is 63.9 Å². The van der Waals surface area contributed by atoms with E-state index in [4.69, 9.17) is 4.42 Å². The van der Waals surface area contributed by atoms with Gasteiger partial charge in [0.1, 0.15) is 0 Å². The van der Waals surface area contributed by atoms with Crippen molar-refractivity contribution in [1.29, 1.82) is 0 Å². The molecule has 6 nitrogen and oxygen atoms in total. The summed E-state index contributed by atoms with van der Waals surface area (Å²) in [5, 5.41) is 8.44. The van der Waals surface area contributed by atoms with Crippen LogP contribution in [0, 0.1) is 13.8 Å². The van der Waals surface area contributed by atoms with Crippen molar-refractivity contribution < 1.29 is 9.21 Å². The fraction of sp³-hybridized carbons (Fsp3) is 0.526. The molecule has 3 rings (SSSR count). The van der Waals surface area contributed by atoms with Gasteiger partial charge in [-0.2, -0.15) is 0 Å². The minimum absolute atomic E-state index is 0.136. The van der Waals surface area contributed by atoms with E-state index in [-0.39, 0.29) is 11.2 Å². The molecule has 26 heavy (non-hydrogen) atoms. The van der Waals surface area contributed by atoms with E-state index in [2.05, 4.69) is 35.9 Å². The number of hydrogen-bond donors (Lipinski definition) is 0. The average Bonchev–Trinajstić information content (AvgIpc) is 3.12. The molecule has 0 saturated carbocycles. The molecule has 140 valence electrons. The second kappa shape index (κ2) is 8.22. The third-order valence-electron chi connectivity index (χ3n) is 4.92. The van der Waals surface area contributed by atoms with Crippen molar-refractivity contribution in [2.24, 2.45) is 0 Å². The summed E-state index contributed by atoms with van der Waals surface area (Å²) in [6.07, 6.45) is 0. The topological polar surface area (TPSA) is 62.5 Å². The molecule has 1 fully saturated rings. The number of nitrogens with zero attached hydrogens (tertiary/aromatic N) is 4. The van der Waals surface area contributed by atoms with Gasteiger partial charge < -0.3 is 14.2 Å². The van der Waals surface area contributed by atoms with Gasteiger partial charge in [-0.15, -0.1) is 10.2 Å². The number of carbonyl (C=O) groups is 1. The Bertz CT molecular complexity index is 769. The van der Waals surface area contributed by atoms with Gasteiger partial charge >= 0.3 is 0 Å². The molecule has 7 heteroatoms. The van der Waals surface area contributed by atoms with E-state index in [1.54, 1.807) is 0 Å². The number of piperazine rings is 1. The summed E-state index contributed by atoms with van der Waals surface area (Å²) in [6.45, 7) is 12.7. The molecule has 0 aliphatic carbocycles. The molecular weight excluding hydrogens is 348 g/mol. The molecule has 1 aromatic carbocycles. The lowest BCUT2D eigenvalue weighted by atomic mass is 10.1. The summed E-state index contributed by atoms with van der Waals surface area (Å²) in [6, 6.07) is 6.06. The SMILES string of the molecule is CCN1CCN(C(=O)[C@H](C)Sc2nnc(-c3ccc(C)c(C)c3)o2)CC1. The highest BCUT2D eigenvalue weighted by Gasteiger charge is 2.26. The maximum absolute atomic E-state index is 12.7. The number of likely N-dealkylation sites (N-methyl/N-ethyl adjacent to an activating group) is 1. The van der Waals surface area contributed by atoms with E-state index in [1.165, 1.54) is 22.9 Å². The van der Waals surface area contributed by atoms with E-state index in [0.29, 0.717) is 11.1 Å². The molecule has 0 spiro atoms. The molecule has 1 amide bonds. The molecule has 0 bridgehead atoms. The highest BCUT2D eigenvalue weighted by Crippen LogP contribution is 2.28. The molecule has 0 radical (unpaired) electrons. The predicted octanol–water partition coefficient (Wildman–Crippen LogP) is 3.00. The summed E-state index contributed by atoms with van der Waals surface area (Å²) in [4.78, 5) is 16.9. The third-order valence-corrected chi connectivity index (χ3v) is 5.84. The van der Waals surface area contributed by atoms with Crippen LogP contribution in [0.1, 0.15) is 25.0 Å². The molecule has 2 aromatic rings. The molecule has 1 aliphatic rings. The van der Waals surface area contributed by atoms with Crippen molar-refractivity contribution in [3.63, 3.8) is 0 Å². The van der Waals surface area contributed by atoms with Gasteiger partial charge in [0.2, 0.25) is 11.8 Å². The van der Waals surface area contributed by atoms with Crippen LogP contribution in [0.2, 0.25) is 0 Å². The van der Waals surface area contributed by atoms with E-state index < -0.39 is 0 Å². The lowest BCUT2D eigenvalue weighted by Gasteiger charge is -2.35. The number of rotatable bonds is 5. The molecule has 1 atom stereocenters. The number of aromatic nitrogens is 2. The van der Waals surface area contributed by atoms with Crippen LogP contribution in [-0.2, 0) is 4.79 Å². The van der Waals surface area contributed by atoms with Gasteiger partial charge in [-0.1, -0.05) is 24.8 Å². The molecule has 1 aliphatic heterocycles. The van der Waals surface area contributed by atoms with Crippen LogP contribution in [0.25, 0.3) is 11.5 Å². The molecule has 0 unspecified atom stereocenters. The minimum Gasteiger partial charge on any atom is -0.411 e. The van der Waals surface area contributed by atoms with Gasteiger partial charge in [-0.25, -0.2) is 0 Å². The summed E-state index contributed by atoms with van der Waals surface area (Å²) in [5.74, 6) is 0.628. The molecule has 2 heterocycles. The second-order valence-corrected chi connectivity index (χ2v) is 7.98. The van der Waals surface area contributed by atoms with E-state index in [1.807, 2.05) is 30.0 Å². The van der Waals surface area contributed by atoms with E-state index in [9.17, 15) is 4.79 Å². The van der Waals surface area contributed by atoms with Crippen molar-refractivity contribution in [3.8, 4) is 11.5 Å². The smallest absolute Gasteiger partial charge is 0.277 e. The zero-order valence-electron chi connectivity index (χ0n) is 15.9. The molecule has 1 saturated heterocycles. The maximum Gasteiger partial charge on any atom is 0.277 e. The fourth-order valence-electron chi connectivity index (χ4n) is 2.99. The van der Waals surface area contributed by atoms with Gasteiger partial charge in [0.05, 0.1) is 5.25 Å². The number of carbonyl (C=O) groups excluding carboxylic acids is 1. The monoisotopic (exact) mass is 374 g/mol. The van der Waals surface area contributed by atoms with Crippen molar-refractivity contribution in [1.82, 2.24) is 20.0 Å². The average molecular weight is 375 g/mol. The molecule has 1 aromatic heterocycles. The highest BCUT2D eigenvalue weighted by molar-refractivity contribution is 8.00. The number of benzene rings is 1. The first-order valence-electron chi connectivity index (χ1n) is 9.07. The van der Waals surface area contributed by atoms with Gasteiger partial charge in [-0.3, -0.25) is 4.79 Å². The second-order valence-electron chi connectivity index (χ2n) is 6.69. The Kier molecular flexibility index (Phi) is 5.98. The van der Waals surface area contributed by atoms with Crippen LogP contribution < -0.4 is 0 Å². The molecular formula is C19H26N4O2S. The van der Waals surface area contributed by atoms with Crippen LogP contribution in [0.5, 0.6) is 0 Å². The quantitative estimate of drug-likeness (QED) is 0.750. The van der Waals surface area contributed by atoms with E-state index in [0.717, 1.165) is 38.3 Å². The summed E-state index contributed by atoms with van der Waals surface area (Å²) in [7, 11) is 0. The zero-order valence-corrected chi connectivity index (χ0v) is 16.7. The summed E-state index contributed by atoms with van der Waals surface area (Å²) in [5.41, 5.74) is 3.32. The van der Waals surface area contributed by atoms with Crippen LogP contribution >= 0.6 is 11.8 Å². The lowest BCUT2D eigenvalue weighted by Crippen LogP contribution is -2.50. The van der Waals surface area contributed by atoms with Crippen LogP contribution in [0.3, 0.4) is 0 Å². The maximum atomic E-state index is 12.7. The highest BCUT2D eigenvalue weighted by atomic mass is 32.2. The van der Waals surface area contributed by atoms with Crippen molar-refractivity contribution in [2.45, 2.75) is 38.2 Å². The fourth-order valence-corrected chi connectivity index (χ4v) is 3.76. The Morgan fingerprint density at radius 3 is 2.58 bits per heavy atom. The van der Waals surface area contributed by atoms with Crippen LogP contribution in [0.4, 0.5) is 0 Å². The largest absolute Gasteiger partial charge is 0.411 e. The van der Waals surface area contributed by atoms with E-state index >= 15 is 0 Å². The standard InChI is InChI=1S/C19H26N4O2S/c1-5-22-8-10-23(11-9-22)18(24)15(4)26-19-21-20-17(25-19)16-7-6-13(2)14(3)12-16/h6-7,12,15H,5,8-11H2,1-4H3/t15-/m0/s1. The predicted molar refractivity (Wildman–Crippen MR) is 103 cm³/mol. The Morgan fingerprint density at radius 2 is 1.92 bits per heavy atom. The summed E-state index contributed by atoms with van der Waals surface area (Å²) < 4.78 is 5.77. The number of thioether (sulfide) groups is 1. The Labute approximate surface area is 159 Å². The Hall–Kier alpha value is -1.86. The lowest BCUT2D eigenvalue weighted by molar-refractivity contribution is -0.132. The first-order chi connectivity index (χ1) is 12.5. The normalized spacial score (nSPS) is 16.7.